The van der Waals surface area contributed by atoms with Crippen LogP contribution in [-0.4, -0.2) is 11.8 Å². The minimum atomic E-state index is 0.0853. The topological polar surface area (TPSA) is 58.2 Å². The van der Waals surface area contributed by atoms with Crippen molar-refractivity contribution in [2.24, 2.45) is 11.8 Å². The van der Waals surface area contributed by atoms with Gasteiger partial charge in [-0.3, -0.25) is 9.59 Å². The number of benzene rings is 1. The van der Waals surface area contributed by atoms with Gasteiger partial charge in [-0.1, -0.05) is 156 Å². The van der Waals surface area contributed by atoms with Gasteiger partial charge in [-0.15, -0.1) is 0 Å². The molecule has 42 heavy (non-hydrogen) atoms. The molecular formula is C38H68N2O2. The van der Waals surface area contributed by atoms with Crippen LogP contribution in [0.25, 0.3) is 0 Å². The predicted octanol–water partition coefficient (Wildman–Crippen LogP) is 12.2. The molecule has 0 aliphatic carbocycles. The molecule has 0 saturated heterocycles. The van der Waals surface area contributed by atoms with E-state index in [1.54, 1.807) is 0 Å². The van der Waals surface area contributed by atoms with Crippen LogP contribution in [0, 0.1) is 11.8 Å². The highest BCUT2D eigenvalue weighted by Gasteiger charge is 2.19. The smallest absolute Gasteiger partial charge is 0.227 e. The summed E-state index contributed by atoms with van der Waals surface area (Å²) in [5.41, 5.74) is 1.64. The zero-order valence-electron chi connectivity index (χ0n) is 28.3. The minimum Gasteiger partial charge on any atom is -0.326 e. The van der Waals surface area contributed by atoms with E-state index in [1.165, 1.54) is 103 Å². The van der Waals surface area contributed by atoms with Crippen molar-refractivity contribution in [3.05, 3.63) is 24.3 Å². The molecule has 1 rings (SSSR count). The maximum Gasteiger partial charge on any atom is 0.227 e. The van der Waals surface area contributed by atoms with E-state index < -0.39 is 0 Å². The van der Waals surface area contributed by atoms with Gasteiger partial charge in [0.25, 0.3) is 0 Å². The monoisotopic (exact) mass is 585 g/mol. The van der Waals surface area contributed by atoms with Gasteiger partial charge in [-0.25, -0.2) is 0 Å². The molecule has 2 N–H and O–H groups in total. The van der Waals surface area contributed by atoms with Crippen molar-refractivity contribution in [3.63, 3.8) is 0 Å². The van der Waals surface area contributed by atoms with E-state index in [0.29, 0.717) is 0 Å². The number of hydrogen-bond donors (Lipinski definition) is 2. The molecule has 0 unspecified atom stereocenters. The number of anilines is 2. The molecule has 0 aromatic heterocycles. The Morgan fingerprint density at radius 2 is 0.667 bits per heavy atom. The fourth-order valence-corrected chi connectivity index (χ4v) is 5.92. The number of rotatable bonds is 28. The molecule has 2 amide bonds. The quantitative estimate of drug-likeness (QED) is 0.0962. The maximum absolute atomic E-state index is 13.2. The Morgan fingerprint density at radius 1 is 0.429 bits per heavy atom. The number of carbonyl (C=O) groups is 2. The normalized spacial score (nSPS) is 12.7. The number of carbonyl (C=O) groups excluding carboxylic acids is 2. The second-order valence-corrected chi connectivity index (χ2v) is 12.8. The molecule has 4 nitrogen and oxygen atoms in total. The van der Waals surface area contributed by atoms with Crippen LogP contribution >= 0.6 is 0 Å². The van der Waals surface area contributed by atoms with Gasteiger partial charge in [0.05, 0.1) is 0 Å². The molecule has 1 aromatic carbocycles. The van der Waals surface area contributed by atoms with Gasteiger partial charge in [-0.05, 0) is 49.9 Å². The molecule has 1 aromatic rings. The molecule has 0 fully saturated rings. The highest BCUT2D eigenvalue weighted by atomic mass is 16.2. The molecule has 0 bridgehead atoms. The standard InChI is InChI=1S/C38H68N2O2/c1-5-9-13-15-17-19-23-27-33(25-21-11-7-3)37(41)39-35-29-31-36(32-30-35)40-38(42)34(26-22-12-8-4)28-24-20-18-16-14-10-6-2/h29-34H,5-28H2,1-4H3,(H,39,41)(H,40,42)/t33-,34-/m1/s1. The van der Waals surface area contributed by atoms with Crippen LogP contribution in [0.3, 0.4) is 0 Å². The summed E-state index contributed by atoms with van der Waals surface area (Å²) in [4.78, 5) is 26.4. The third kappa shape index (κ3) is 19.4. The van der Waals surface area contributed by atoms with Crippen LogP contribution < -0.4 is 10.6 Å². The molecule has 4 heteroatoms. The van der Waals surface area contributed by atoms with E-state index in [-0.39, 0.29) is 23.7 Å². The summed E-state index contributed by atoms with van der Waals surface area (Å²) in [5, 5.41) is 6.35. The van der Waals surface area contributed by atoms with Crippen LogP contribution in [0.2, 0.25) is 0 Å². The van der Waals surface area contributed by atoms with Crippen molar-refractivity contribution < 1.29 is 9.59 Å². The van der Waals surface area contributed by atoms with Crippen molar-refractivity contribution in [2.45, 2.75) is 182 Å². The highest BCUT2D eigenvalue weighted by Crippen LogP contribution is 2.24. The van der Waals surface area contributed by atoms with Crippen LogP contribution in [0.15, 0.2) is 24.3 Å². The number of amides is 2. The summed E-state index contributed by atoms with van der Waals surface area (Å²) >= 11 is 0. The third-order valence-corrected chi connectivity index (χ3v) is 8.79. The van der Waals surface area contributed by atoms with E-state index in [9.17, 15) is 9.59 Å². The van der Waals surface area contributed by atoms with Crippen molar-refractivity contribution >= 4 is 23.2 Å². The molecule has 0 spiro atoms. The summed E-state index contributed by atoms with van der Waals surface area (Å²) in [6, 6.07) is 7.75. The van der Waals surface area contributed by atoms with Crippen molar-refractivity contribution in [1.82, 2.24) is 0 Å². The van der Waals surface area contributed by atoms with Crippen molar-refractivity contribution in [1.29, 1.82) is 0 Å². The second-order valence-electron chi connectivity index (χ2n) is 12.8. The van der Waals surface area contributed by atoms with Crippen LogP contribution in [0.1, 0.15) is 182 Å². The maximum atomic E-state index is 13.2. The first kappa shape index (κ1) is 38.2. The highest BCUT2D eigenvalue weighted by molar-refractivity contribution is 5.94. The van der Waals surface area contributed by atoms with E-state index in [4.69, 9.17) is 0 Å². The van der Waals surface area contributed by atoms with Crippen LogP contribution in [0.5, 0.6) is 0 Å². The Bertz CT molecular complexity index is 711. The van der Waals surface area contributed by atoms with Crippen molar-refractivity contribution in [2.75, 3.05) is 10.6 Å². The SMILES string of the molecule is CCCCCCCCC[C@@H](CCCCC)C(=O)Nc1ccc(NC(=O)[C@H](CCCCC)CCCCCCCCC)cc1. The van der Waals surface area contributed by atoms with Gasteiger partial charge < -0.3 is 10.6 Å². The third-order valence-electron chi connectivity index (χ3n) is 8.79. The van der Waals surface area contributed by atoms with Crippen LogP contribution in [-0.2, 0) is 9.59 Å². The number of hydrogen-bond acceptors (Lipinski definition) is 2. The lowest BCUT2D eigenvalue weighted by molar-refractivity contribution is -0.121. The predicted molar refractivity (Wildman–Crippen MR) is 184 cm³/mol. The van der Waals surface area contributed by atoms with E-state index in [0.717, 1.165) is 62.7 Å². The van der Waals surface area contributed by atoms with Gasteiger partial charge in [0.1, 0.15) is 0 Å². The second kappa shape index (κ2) is 26.8. The molecular weight excluding hydrogens is 516 g/mol. The molecule has 0 aliphatic heterocycles. The van der Waals surface area contributed by atoms with E-state index in [2.05, 4.69) is 38.3 Å². The lowest BCUT2D eigenvalue weighted by atomic mass is 9.93. The summed E-state index contributed by atoms with van der Waals surface area (Å²) in [6.07, 6.45) is 28.8. The lowest BCUT2D eigenvalue weighted by Crippen LogP contribution is -2.24. The summed E-state index contributed by atoms with van der Waals surface area (Å²) < 4.78 is 0. The number of unbranched alkanes of at least 4 members (excludes halogenated alkanes) is 16. The first-order chi connectivity index (χ1) is 20.5. The van der Waals surface area contributed by atoms with Gasteiger partial charge in [0.15, 0.2) is 0 Å². The van der Waals surface area contributed by atoms with Gasteiger partial charge in [-0.2, -0.15) is 0 Å². The van der Waals surface area contributed by atoms with Crippen molar-refractivity contribution in [3.8, 4) is 0 Å². The van der Waals surface area contributed by atoms with E-state index in [1.807, 2.05) is 24.3 Å². The summed E-state index contributed by atoms with van der Waals surface area (Å²) in [7, 11) is 0. The first-order valence-corrected chi connectivity index (χ1v) is 18.3. The fourth-order valence-electron chi connectivity index (χ4n) is 5.92. The molecule has 2 atom stereocenters. The molecule has 0 aliphatic rings. The Labute approximate surface area is 261 Å². The average molecular weight is 585 g/mol. The molecule has 0 radical (unpaired) electrons. The lowest BCUT2D eigenvalue weighted by Gasteiger charge is -2.18. The van der Waals surface area contributed by atoms with E-state index >= 15 is 0 Å². The summed E-state index contributed by atoms with van der Waals surface area (Å²) in [5.74, 6) is 0.475. The Hall–Kier alpha value is -1.84. The summed E-state index contributed by atoms with van der Waals surface area (Å²) in [6.45, 7) is 8.95. The largest absolute Gasteiger partial charge is 0.326 e. The van der Waals surface area contributed by atoms with Gasteiger partial charge in [0.2, 0.25) is 11.8 Å². The molecule has 0 saturated carbocycles. The molecule has 0 heterocycles. The van der Waals surface area contributed by atoms with Gasteiger partial charge in [0, 0.05) is 23.2 Å². The number of nitrogens with one attached hydrogen (secondary N) is 2. The Kier molecular flexibility index (Phi) is 24.3. The molecule has 242 valence electrons. The van der Waals surface area contributed by atoms with Crippen LogP contribution in [0.4, 0.5) is 11.4 Å². The fraction of sp³-hybridized carbons (Fsp3) is 0.789. The minimum absolute atomic E-state index is 0.0853. The average Bonchev–Trinajstić information content (AvgIpc) is 2.99. The zero-order valence-corrected chi connectivity index (χ0v) is 28.3. The Morgan fingerprint density at radius 3 is 0.976 bits per heavy atom. The first-order valence-electron chi connectivity index (χ1n) is 18.3. The zero-order chi connectivity index (χ0) is 30.7. The Balaban J connectivity index is 2.59. The van der Waals surface area contributed by atoms with Gasteiger partial charge >= 0.3 is 0 Å².